The molecule has 0 aliphatic carbocycles. The van der Waals surface area contributed by atoms with E-state index in [1.165, 1.54) is 57.8 Å². The molecule has 3 aliphatic heterocycles. The number of phenols is 1. The first-order valence-corrected chi connectivity index (χ1v) is 17.8. The zero-order valence-electron chi connectivity index (χ0n) is 31.9. The van der Waals surface area contributed by atoms with Gasteiger partial charge in [0, 0.05) is 19.2 Å². The second-order valence-corrected chi connectivity index (χ2v) is 13.1. The summed E-state index contributed by atoms with van der Waals surface area (Å²) in [6.45, 7) is 3.63. The maximum atomic E-state index is 12.8. The van der Waals surface area contributed by atoms with Crippen LogP contribution in [0.2, 0.25) is 0 Å². The number of fused-ring (bicyclic) bond motifs is 3. The number of hydrogen-bond donors (Lipinski definition) is 3. The number of methoxy groups -OCH3 is 3. The van der Waals surface area contributed by atoms with Crippen molar-refractivity contribution in [3.63, 3.8) is 0 Å². The standard InChI is InChI=1S/C23H28O8.C18H20O7/c1-23(2)30-18-10-7-8-15-12-16(27-4)13-19(29-14-26-3)20(15)22(25)28-11-6-5-9-17(24)21(18)31-23;1-24-12-9-11-5-4-7-14(20)17(22)13(19)6-2-3-8-25-18(23)16(11)15(21)10-12/h5,7-9,12-13,18,21H,6,10-11,14H2,1-4H3;2,4-6,9-10,14,17,20-22H,3,7-8H2,1H3/b8-7+,9-5-;5-4+,6-2-/t18-,21+;14-,17+/m00/s1. The van der Waals surface area contributed by atoms with Crippen LogP contribution < -0.4 is 14.2 Å². The van der Waals surface area contributed by atoms with Gasteiger partial charge in [-0.2, -0.15) is 0 Å². The Kier molecular flexibility index (Phi) is 15.9. The predicted molar refractivity (Wildman–Crippen MR) is 201 cm³/mol. The van der Waals surface area contributed by atoms with Gasteiger partial charge in [-0.3, -0.25) is 9.59 Å². The van der Waals surface area contributed by atoms with E-state index in [0.717, 1.165) is 6.08 Å². The van der Waals surface area contributed by atoms with Crippen LogP contribution in [-0.2, 0) is 33.3 Å². The Balaban J connectivity index is 0.000000255. The number of cyclic esters (lactones) is 2. The Morgan fingerprint density at radius 3 is 1.91 bits per heavy atom. The fourth-order valence-electron chi connectivity index (χ4n) is 5.82. The van der Waals surface area contributed by atoms with Crippen molar-refractivity contribution in [1.82, 2.24) is 0 Å². The number of aliphatic hydroxyl groups is 2. The Morgan fingerprint density at radius 2 is 1.29 bits per heavy atom. The summed E-state index contributed by atoms with van der Waals surface area (Å²) in [5.41, 5.74) is 1.14. The molecule has 0 unspecified atom stereocenters. The number of carbonyl (C=O) groups is 4. The van der Waals surface area contributed by atoms with Gasteiger partial charge in [0.1, 0.15) is 46.3 Å². The molecule has 0 spiro atoms. The zero-order valence-corrected chi connectivity index (χ0v) is 31.9. The smallest absolute Gasteiger partial charge is 0.342 e. The van der Waals surface area contributed by atoms with Crippen molar-refractivity contribution in [3.05, 3.63) is 83.0 Å². The monoisotopic (exact) mass is 780 g/mol. The van der Waals surface area contributed by atoms with Crippen molar-refractivity contribution >= 4 is 35.7 Å². The molecule has 2 aromatic rings. The third-order valence-corrected chi connectivity index (χ3v) is 8.50. The first kappa shape index (κ1) is 43.4. The molecule has 0 amide bonds. The Bertz CT molecular complexity index is 1840. The van der Waals surface area contributed by atoms with E-state index in [1.807, 2.05) is 6.08 Å². The lowest BCUT2D eigenvalue weighted by molar-refractivity contribution is -0.152. The van der Waals surface area contributed by atoms with E-state index in [2.05, 4.69) is 0 Å². The molecular formula is C41H48O15. The van der Waals surface area contributed by atoms with Crippen LogP contribution in [-0.4, -0.2) is 110 Å². The normalized spacial score (nSPS) is 25.1. The summed E-state index contributed by atoms with van der Waals surface area (Å²) in [5.74, 6) is -2.04. The minimum Gasteiger partial charge on any atom is -0.507 e. The number of benzene rings is 2. The number of ether oxygens (including phenoxy) is 8. The second kappa shape index (κ2) is 20.6. The molecule has 1 fully saturated rings. The van der Waals surface area contributed by atoms with Gasteiger partial charge in [0.2, 0.25) is 0 Å². The minimum absolute atomic E-state index is 0.00408. The molecule has 4 atom stereocenters. The fourth-order valence-corrected chi connectivity index (χ4v) is 5.82. The number of ketones is 2. The van der Waals surface area contributed by atoms with Crippen LogP contribution in [0.1, 0.15) is 71.4 Å². The van der Waals surface area contributed by atoms with E-state index < -0.39 is 47.9 Å². The maximum Gasteiger partial charge on any atom is 0.342 e. The maximum absolute atomic E-state index is 12.8. The highest BCUT2D eigenvalue weighted by Gasteiger charge is 2.43. The molecule has 0 bridgehead atoms. The molecule has 1 saturated heterocycles. The molecule has 3 N–H and O–H groups in total. The van der Waals surface area contributed by atoms with Crippen LogP contribution in [0.15, 0.2) is 60.7 Å². The fraction of sp³-hybridized carbons (Fsp3) is 0.415. The third-order valence-electron chi connectivity index (χ3n) is 8.50. The number of aliphatic hydroxyl groups excluding tert-OH is 2. The second-order valence-electron chi connectivity index (χ2n) is 13.1. The van der Waals surface area contributed by atoms with E-state index in [0.29, 0.717) is 41.2 Å². The molecule has 56 heavy (non-hydrogen) atoms. The summed E-state index contributed by atoms with van der Waals surface area (Å²) >= 11 is 0. The highest BCUT2D eigenvalue weighted by Crippen LogP contribution is 2.34. The minimum atomic E-state index is -1.54. The Morgan fingerprint density at radius 1 is 0.714 bits per heavy atom. The van der Waals surface area contributed by atoms with Gasteiger partial charge >= 0.3 is 11.9 Å². The van der Waals surface area contributed by atoms with Crippen LogP contribution in [0.4, 0.5) is 0 Å². The average molecular weight is 781 g/mol. The summed E-state index contributed by atoms with van der Waals surface area (Å²) in [6.07, 6.45) is 9.33. The van der Waals surface area contributed by atoms with Crippen LogP contribution in [0, 0.1) is 0 Å². The summed E-state index contributed by atoms with van der Waals surface area (Å²) < 4.78 is 43.3. The van der Waals surface area contributed by atoms with Crippen molar-refractivity contribution in [2.75, 3.05) is 41.3 Å². The average Bonchev–Trinajstić information content (AvgIpc) is 3.48. The van der Waals surface area contributed by atoms with E-state index >= 15 is 0 Å². The van der Waals surface area contributed by atoms with Gasteiger partial charge in [-0.15, -0.1) is 0 Å². The number of carbonyl (C=O) groups excluding carboxylic acids is 4. The highest BCUT2D eigenvalue weighted by molar-refractivity contribution is 5.98. The van der Waals surface area contributed by atoms with Gasteiger partial charge in [0.25, 0.3) is 0 Å². The van der Waals surface area contributed by atoms with Crippen LogP contribution >= 0.6 is 0 Å². The van der Waals surface area contributed by atoms with Crippen molar-refractivity contribution in [1.29, 1.82) is 0 Å². The molecule has 302 valence electrons. The van der Waals surface area contributed by atoms with Gasteiger partial charge in [0.05, 0.1) is 39.6 Å². The summed E-state index contributed by atoms with van der Waals surface area (Å²) in [6, 6.07) is 6.17. The topological polar surface area (TPSA) is 203 Å². The van der Waals surface area contributed by atoms with E-state index in [1.54, 1.807) is 38.1 Å². The van der Waals surface area contributed by atoms with Crippen LogP contribution in [0.5, 0.6) is 23.0 Å². The lowest BCUT2D eigenvalue weighted by Gasteiger charge is -2.16. The molecule has 15 nitrogen and oxygen atoms in total. The summed E-state index contributed by atoms with van der Waals surface area (Å²) in [7, 11) is 4.44. The van der Waals surface area contributed by atoms with Crippen molar-refractivity contribution in [3.8, 4) is 23.0 Å². The van der Waals surface area contributed by atoms with Gasteiger partial charge in [-0.25, -0.2) is 9.59 Å². The van der Waals surface area contributed by atoms with E-state index in [9.17, 15) is 34.5 Å². The first-order valence-electron chi connectivity index (χ1n) is 17.8. The number of hydrogen-bond acceptors (Lipinski definition) is 15. The Hall–Kier alpha value is -5.32. The molecule has 15 heteroatoms. The molecule has 3 heterocycles. The molecule has 0 radical (unpaired) electrons. The number of phenolic OH excluding ortho intramolecular Hbond substituents is 1. The summed E-state index contributed by atoms with van der Waals surface area (Å²) in [5, 5.41) is 29.8. The van der Waals surface area contributed by atoms with E-state index in [-0.39, 0.29) is 55.5 Å². The SMILES string of the molecule is COCOc1cc(OC)cc2c1C(=O)OCC/C=C\C(=O)[C@H]1OC(C)(C)O[C@H]1C/C=C/2.COc1cc(O)c2c(c1)/C=C/C[C@H](O)[C@H](O)C(=O)/C=C\CCOC2=O. The van der Waals surface area contributed by atoms with Crippen LogP contribution in [0.3, 0.4) is 0 Å². The van der Waals surface area contributed by atoms with Crippen molar-refractivity contribution in [2.24, 2.45) is 0 Å². The van der Waals surface area contributed by atoms with Crippen molar-refractivity contribution < 1.29 is 72.4 Å². The van der Waals surface area contributed by atoms with Gasteiger partial charge in [0.15, 0.2) is 24.1 Å². The zero-order chi connectivity index (χ0) is 40.8. The largest absolute Gasteiger partial charge is 0.507 e. The molecular weight excluding hydrogens is 732 g/mol. The third kappa shape index (κ3) is 11.8. The van der Waals surface area contributed by atoms with Gasteiger partial charge < -0.3 is 53.2 Å². The van der Waals surface area contributed by atoms with E-state index in [4.69, 9.17) is 37.9 Å². The quantitative estimate of drug-likeness (QED) is 0.283. The lowest BCUT2D eigenvalue weighted by Crippen LogP contribution is -2.32. The molecule has 0 aromatic heterocycles. The number of esters is 2. The number of aromatic hydroxyl groups is 1. The van der Waals surface area contributed by atoms with Gasteiger partial charge in [-0.1, -0.05) is 36.5 Å². The first-order chi connectivity index (χ1) is 26.8. The van der Waals surface area contributed by atoms with Crippen LogP contribution in [0.25, 0.3) is 12.2 Å². The number of rotatable bonds is 5. The predicted octanol–water partition coefficient (Wildman–Crippen LogP) is 4.50. The molecule has 0 saturated carbocycles. The molecule has 5 rings (SSSR count). The van der Waals surface area contributed by atoms with Crippen molar-refractivity contribution in [2.45, 2.75) is 69.7 Å². The lowest BCUT2D eigenvalue weighted by atomic mass is 10.0. The Labute approximate surface area is 324 Å². The molecule has 2 aromatic carbocycles. The molecule has 3 aliphatic rings. The van der Waals surface area contributed by atoms with Gasteiger partial charge in [-0.05, 0) is 74.9 Å². The summed E-state index contributed by atoms with van der Waals surface area (Å²) in [4.78, 5) is 49.4. The highest BCUT2D eigenvalue weighted by atomic mass is 16.8.